The van der Waals surface area contributed by atoms with E-state index in [0.29, 0.717) is 12.4 Å². The SMILES string of the molecule is CCCCOc1ccc([C@@](O)(C(=O)OCC)C(F)(F)F)cc1. The van der Waals surface area contributed by atoms with Crippen molar-refractivity contribution in [3.8, 4) is 5.75 Å². The molecule has 0 aromatic heterocycles. The number of aliphatic hydroxyl groups is 1. The number of benzene rings is 1. The number of hydrogen-bond donors (Lipinski definition) is 1. The number of esters is 1. The van der Waals surface area contributed by atoms with Gasteiger partial charge in [-0.2, -0.15) is 13.2 Å². The van der Waals surface area contributed by atoms with Crippen LogP contribution in [-0.4, -0.2) is 30.5 Å². The summed E-state index contributed by atoms with van der Waals surface area (Å²) in [6.45, 7) is 3.52. The van der Waals surface area contributed by atoms with Crippen molar-refractivity contribution in [2.45, 2.75) is 38.5 Å². The van der Waals surface area contributed by atoms with Gasteiger partial charge < -0.3 is 14.6 Å². The zero-order chi connectivity index (χ0) is 16.8. The standard InChI is InChI=1S/C15H19F3O4/c1-3-5-10-22-12-8-6-11(7-9-12)14(20,15(16,17)18)13(19)21-4-2/h6-9,20H,3-5,10H2,1-2H3/t14-/m1/s1. The van der Waals surface area contributed by atoms with Crippen LogP contribution in [0.15, 0.2) is 24.3 Å². The Labute approximate surface area is 126 Å². The molecule has 7 heteroatoms. The molecule has 0 saturated carbocycles. The van der Waals surface area contributed by atoms with E-state index in [0.717, 1.165) is 25.0 Å². The van der Waals surface area contributed by atoms with Crippen molar-refractivity contribution in [3.05, 3.63) is 29.8 Å². The van der Waals surface area contributed by atoms with Crippen LogP contribution < -0.4 is 4.74 Å². The summed E-state index contributed by atoms with van der Waals surface area (Å²) in [5.74, 6) is -1.38. The molecule has 0 bridgehead atoms. The van der Waals surface area contributed by atoms with E-state index < -0.39 is 23.3 Å². The lowest BCUT2D eigenvalue weighted by Crippen LogP contribution is -2.50. The van der Waals surface area contributed by atoms with Crippen molar-refractivity contribution < 1.29 is 32.5 Å². The van der Waals surface area contributed by atoms with Gasteiger partial charge in [-0.1, -0.05) is 25.5 Å². The molecular weight excluding hydrogens is 301 g/mol. The van der Waals surface area contributed by atoms with Crippen molar-refractivity contribution >= 4 is 5.97 Å². The molecule has 0 aliphatic carbocycles. The maximum atomic E-state index is 13.1. The fourth-order valence-corrected chi connectivity index (χ4v) is 1.76. The lowest BCUT2D eigenvalue weighted by Gasteiger charge is -2.28. The van der Waals surface area contributed by atoms with Gasteiger partial charge in [0.05, 0.1) is 13.2 Å². The smallest absolute Gasteiger partial charge is 0.432 e. The third kappa shape index (κ3) is 3.91. The summed E-state index contributed by atoms with van der Waals surface area (Å²) >= 11 is 0. The van der Waals surface area contributed by atoms with E-state index in [1.54, 1.807) is 0 Å². The zero-order valence-corrected chi connectivity index (χ0v) is 12.4. The third-order valence-corrected chi connectivity index (χ3v) is 3.02. The number of carbonyl (C=O) groups is 1. The zero-order valence-electron chi connectivity index (χ0n) is 12.4. The van der Waals surface area contributed by atoms with Crippen LogP contribution in [0.2, 0.25) is 0 Å². The van der Waals surface area contributed by atoms with E-state index in [4.69, 9.17) is 4.74 Å². The highest BCUT2D eigenvalue weighted by Crippen LogP contribution is 2.40. The van der Waals surface area contributed by atoms with Crippen LogP contribution in [0.25, 0.3) is 0 Å². The number of unbranched alkanes of at least 4 members (excludes halogenated alkanes) is 1. The number of alkyl halides is 3. The highest BCUT2D eigenvalue weighted by molar-refractivity contribution is 5.82. The molecule has 0 fully saturated rings. The Bertz CT molecular complexity index is 485. The molecule has 0 aliphatic rings. The predicted octanol–water partition coefficient (Wildman–Crippen LogP) is 3.18. The molecule has 0 aliphatic heterocycles. The lowest BCUT2D eigenvalue weighted by molar-refractivity contribution is -0.267. The topological polar surface area (TPSA) is 55.8 Å². The second kappa shape index (κ2) is 7.49. The highest BCUT2D eigenvalue weighted by atomic mass is 19.4. The number of ether oxygens (including phenoxy) is 2. The summed E-state index contributed by atoms with van der Waals surface area (Å²) in [7, 11) is 0. The van der Waals surface area contributed by atoms with Gasteiger partial charge in [0.25, 0.3) is 5.60 Å². The first-order chi connectivity index (χ1) is 10.3. The van der Waals surface area contributed by atoms with Crippen molar-refractivity contribution in [2.24, 2.45) is 0 Å². The molecule has 0 spiro atoms. The Balaban J connectivity index is 3.04. The van der Waals surface area contributed by atoms with Gasteiger partial charge in [0.1, 0.15) is 5.75 Å². The summed E-state index contributed by atoms with van der Waals surface area (Å²) in [5.41, 5.74) is -4.30. The molecule has 4 nitrogen and oxygen atoms in total. The van der Waals surface area contributed by atoms with E-state index in [1.807, 2.05) is 6.92 Å². The van der Waals surface area contributed by atoms with Gasteiger partial charge in [-0.3, -0.25) is 0 Å². The summed E-state index contributed by atoms with van der Waals surface area (Å²) in [5, 5.41) is 9.88. The number of rotatable bonds is 7. The molecule has 0 saturated heterocycles. The predicted molar refractivity (Wildman–Crippen MR) is 73.4 cm³/mol. The van der Waals surface area contributed by atoms with Crippen molar-refractivity contribution in [3.63, 3.8) is 0 Å². The molecule has 1 aromatic rings. The van der Waals surface area contributed by atoms with E-state index in [2.05, 4.69) is 4.74 Å². The first kappa shape index (κ1) is 18.3. The van der Waals surface area contributed by atoms with E-state index in [9.17, 15) is 23.1 Å². The van der Waals surface area contributed by atoms with Crippen molar-refractivity contribution in [1.29, 1.82) is 0 Å². The first-order valence-corrected chi connectivity index (χ1v) is 6.97. The summed E-state index contributed by atoms with van der Waals surface area (Å²) < 4.78 is 49.1. The maximum absolute atomic E-state index is 13.1. The maximum Gasteiger partial charge on any atom is 0.432 e. The molecule has 0 radical (unpaired) electrons. The van der Waals surface area contributed by atoms with Gasteiger partial charge in [0.15, 0.2) is 0 Å². The molecular formula is C15H19F3O4. The third-order valence-electron chi connectivity index (χ3n) is 3.02. The van der Waals surface area contributed by atoms with Crippen molar-refractivity contribution in [1.82, 2.24) is 0 Å². The Morgan fingerprint density at radius 3 is 2.23 bits per heavy atom. The molecule has 1 rings (SSSR count). The first-order valence-electron chi connectivity index (χ1n) is 6.97. The Morgan fingerprint density at radius 2 is 1.77 bits per heavy atom. The Hall–Kier alpha value is -1.76. The van der Waals surface area contributed by atoms with Crippen molar-refractivity contribution in [2.75, 3.05) is 13.2 Å². The molecule has 0 amide bonds. The number of halogens is 3. The van der Waals surface area contributed by atoms with Crippen LogP contribution in [0.5, 0.6) is 5.75 Å². The van der Waals surface area contributed by atoms with Gasteiger partial charge in [0.2, 0.25) is 0 Å². The minimum atomic E-state index is -5.19. The number of hydrogen-bond acceptors (Lipinski definition) is 4. The molecule has 124 valence electrons. The van der Waals surface area contributed by atoms with Gasteiger partial charge in [-0.25, -0.2) is 4.79 Å². The molecule has 0 unspecified atom stereocenters. The van der Waals surface area contributed by atoms with Crippen LogP contribution in [0, 0.1) is 0 Å². The van der Waals surface area contributed by atoms with Gasteiger partial charge in [-0.15, -0.1) is 0 Å². The van der Waals surface area contributed by atoms with E-state index in [-0.39, 0.29) is 6.61 Å². The van der Waals surface area contributed by atoms with E-state index in [1.165, 1.54) is 19.1 Å². The normalized spacial score (nSPS) is 14.3. The monoisotopic (exact) mass is 320 g/mol. The fourth-order valence-electron chi connectivity index (χ4n) is 1.76. The second-order valence-corrected chi connectivity index (χ2v) is 4.66. The minimum absolute atomic E-state index is 0.268. The number of carbonyl (C=O) groups excluding carboxylic acids is 1. The average molecular weight is 320 g/mol. The average Bonchev–Trinajstić information content (AvgIpc) is 2.46. The molecule has 1 atom stereocenters. The molecule has 1 aromatic carbocycles. The van der Waals surface area contributed by atoms with Crippen LogP contribution in [0.1, 0.15) is 32.3 Å². The van der Waals surface area contributed by atoms with Crippen LogP contribution in [-0.2, 0) is 15.1 Å². The van der Waals surface area contributed by atoms with Gasteiger partial charge in [0, 0.05) is 5.56 Å². The molecule has 22 heavy (non-hydrogen) atoms. The summed E-state index contributed by atoms with van der Waals surface area (Å²) in [4.78, 5) is 11.6. The van der Waals surface area contributed by atoms with Crippen LogP contribution in [0.3, 0.4) is 0 Å². The van der Waals surface area contributed by atoms with Gasteiger partial charge in [-0.05, 0) is 25.5 Å². The summed E-state index contributed by atoms with van der Waals surface area (Å²) in [6, 6.07) is 4.57. The Kier molecular flexibility index (Phi) is 6.22. The van der Waals surface area contributed by atoms with Gasteiger partial charge >= 0.3 is 12.1 Å². The molecule has 0 heterocycles. The molecule has 1 N–H and O–H groups in total. The van der Waals surface area contributed by atoms with Crippen LogP contribution in [0.4, 0.5) is 13.2 Å². The summed E-state index contributed by atoms with van der Waals surface area (Å²) in [6.07, 6.45) is -3.45. The highest BCUT2D eigenvalue weighted by Gasteiger charge is 2.62. The van der Waals surface area contributed by atoms with E-state index >= 15 is 0 Å². The Morgan fingerprint density at radius 1 is 1.18 bits per heavy atom. The van der Waals surface area contributed by atoms with Crippen LogP contribution >= 0.6 is 0 Å². The second-order valence-electron chi connectivity index (χ2n) is 4.66. The minimum Gasteiger partial charge on any atom is -0.494 e. The largest absolute Gasteiger partial charge is 0.494 e. The lowest BCUT2D eigenvalue weighted by atomic mass is 9.93. The fraction of sp³-hybridized carbons (Fsp3) is 0.533. The quantitative estimate of drug-likeness (QED) is 0.619.